The molecule has 7 nitrogen and oxygen atoms in total. The van der Waals surface area contributed by atoms with Crippen LogP contribution in [-0.4, -0.2) is 42.8 Å². The molecule has 0 aromatic heterocycles. The normalized spacial score (nSPS) is 22.1. The van der Waals surface area contributed by atoms with Crippen molar-refractivity contribution in [2.75, 3.05) is 19.7 Å². The lowest BCUT2D eigenvalue weighted by atomic mass is 9.73. The molecular formula is C20H33IN4O3. The van der Waals surface area contributed by atoms with E-state index in [1.165, 1.54) is 0 Å². The van der Waals surface area contributed by atoms with Gasteiger partial charge in [-0.2, -0.15) is 0 Å². The summed E-state index contributed by atoms with van der Waals surface area (Å²) in [5.41, 5.74) is 5.95. The molecule has 1 amide bonds. The molecule has 2 unspecified atom stereocenters. The number of amides is 1. The van der Waals surface area contributed by atoms with Crippen LogP contribution in [0.15, 0.2) is 29.3 Å². The number of nitrogens with two attached hydrogens (primary N) is 1. The number of carbonyl (C=O) groups is 1. The maximum atomic E-state index is 10.8. The van der Waals surface area contributed by atoms with Gasteiger partial charge in [-0.05, 0) is 37.5 Å². The Kier molecular flexibility index (Phi) is 10.6. The van der Waals surface area contributed by atoms with Gasteiger partial charge in [0.2, 0.25) is 0 Å². The number of halogens is 1. The first kappa shape index (κ1) is 24.5. The molecule has 28 heavy (non-hydrogen) atoms. The van der Waals surface area contributed by atoms with E-state index in [2.05, 4.69) is 22.5 Å². The molecule has 5 N–H and O–H groups in total. The summed E-state index contributed by atoms with van der Waals surface area (Å²) in [6.45, 7) is 5.93. The van der Waals surface area contributed by atoms with Crippen molar-refractivity contribution in [2.45, 2.75) is 52.2 Å². The first-order chi connectivity index (χ1) is 12.9. The zero-order chi connectivity index (χ0) is 19.7. The van der Waals surface area contributed by atoms with Gasteiger partial charge in [-0.3, -0.25) is 4.79 Å². The van der Waals surface area contributed by atoms with Crippen molar-refractivity contribution in [1.82, 2.24) is 10.6 Å². The third-order valence-electron chi connectivity index (χ3n) is 4.98. The summed E-state index contributed by atoms with van der Waals surface area (Å²) in [4.78, 5) is 15.5. The van der Waals surface area contributed by atoms with Crippen LogP contribution >= 0.6 is 24.0 Å². The van der Waals surface area contributed by atoms with Gasteiger partial charge >= 0.3 is 0 Å². The second-order valence-electron chi connectivity index (χ2n) is 7.37. The number of hydrogen-bond acceptors (Lipinski definition) is 4. The predicted octanol–water partition coefficient (Wildman–Crippen LogP) is 2.17. The minimum atomic E-state index is -0.504. The van der Waals surface area contributed by atoms with Crippen molar-refractivity contribution < 1.29 is 14.6 Å². The molecule has 0 aliphatic heterocycles. The van der Waals surface area contributed by atoms with E-state index in [0.717, 1.165) is 43.8 Å². The van der Waals surface area contributed by atoms with E-state index in [-0.39, 0.29) is 42.1 Å². The van der Waals surface area contributed by atoms with Crippen LogP contribution in [0.3, 0.4) is 0 Å². The number of guanidine groups is 1. The van der Waals surface area contributed by atoms with Gasteiger partial charge in [0, 0.05) is 18.5 Å². The maximum Gasteiger partial charge on any atom is 0.255 e. The number of nitrogens with zero attached hydrogens (tertiary/aromatic N) is 1. The molecule has 1 aromatic carbocycles. The van der Waals surface area contributed by atoms with Crippen molar-refractivity contribution >= 4 is 35.8 Å². The Labute approximate surface area is 184 Å². The predicted molar refractivity (Wildman–Crippen MR) is 122 cm³/mol. The molecular weight excluding hydrogens is 471 g/mol. The average molecular weight is 504 g/mol. The number of aliphatic imine (C=N–C) groups is 1. The third-order valence-corrected chi connectivity index (χ3v) is 4.98. The fraction of sp³-hybridized carbons (Fsp3) is 0.600. The Hall–Kier alpha value is -1.55. The smallest absolute Gasteiger partial charge is 0.255 e. The summed E-state index contributed by atoms with van der Waals surface area (Å²) < 4.78 is 5.33. The van der Waals surface area contributed by atoms with Crippen LogP contribution < -0.4 is 21.1 Å². The van der Waals surface area contributed by atoms with Crippen LogP contribution in [0.5, 0.6) is 5.75 Å². The first-order valence-electron chi connectivity index (χ1n) is 9.63. The van der Waals surface area contributed by atoms with Gasteiger partial charge in [0.15, 0.2) is 12.6 Å². The lowest BCUT2D eigenvalue weighted by Gasteiger charge is -2.38. The standard InChI is InChI=1S/C20H32N4O3.HI/c1-3-22-19(24-14-20(2)10-5-4-9-17(20)25)23-12-15-7-6-8-16(11-15)27-13-18(21)26;/h6-8,11,17,25H,3-5,9-10,12-14H2,1-2H3,(H2,21,26)(H2,22,23,24);1H. The van der Waals surface area contributed by atoms with E-state index in [1.807, 2.05) is 25.1 Å². The molecule has 1 aliphatic carbocycles. The quantitative estimate of drug-likeness (QED) is 0.247. The highest BCUT2D eigenvalue weighted by Crippen LogP contribution is 2.35. The molecule has 2 atom stereocenters. The minimum absolute atomic E-state index is 0. The second-order valence-corrected chi connectivity index (χ2v) is 7.37. The van der Waals surface area contributed by atoms with E-state index in [9.17, 15) is 9.90 Å². The summed E-state index contributed by atoms with van der Waals surface area (Å²) in [7, 11) is 0. The van der Waals surface area contributed by atoms with Crippen molar-refractivity contribution in [3.63, 3.8) is 0 Å². The van der Waals surface area contributed by atoms with Crippen LogP contribution in [0.2, 0.25) is 0 Å². The highest BCUT2D eigenvalue weighted by Gasteiger charge is 2.35. The number of carbonyl (C=O) groups excluding carboxylic acids is 1. The summed E-state index contributed by atoms with van der Waals surface area (Å²) in [5, 5.41) is 17.0. The summed E-state index contributed by atoms with van der Waals surface area (Å²) in [6, 6.07) is 7.45. The second kappa shape index (κ2) is 12.1. The van der Waals surface area contributed by atoms with E-state index in [4.69, 9.17) is 10.5 Å². The van der Waals surface area contributed by atoms with Crippen LogP contribution in [0, 0.1) is 5.41 Å². The van der Waals surface area contributed by atoms with E-state index in [0.29, 0.717) is 18.8 Å². The molecule has 2 rings (SSSR count). The molecule has 1 aliphatic rings. The highest BCUT2D eigenvalue weighted by atomic mass is 127. The molecule has 8 heteroatoms. The van der Waals surface area contributed by atoms with E-state index in [1.54, 1.807) is 6.07 Å². The highest BCUT2D eigenvalue weighted by molar-refractivity contribution is 14.0. The van der Waals surface area contributed by atoms with Crippen molar-refractivity contribution in [3.05, 3.63) is 29.8 Å². The first-order valence-corrected chi connectivity index (χ1v) is 9.63. The SMILES string of the molecule is CCNC(=NCc1cccc(OCC(N)=O)c1)NCC1(C)CCCCC1O.I. The fourth-order valence-electron chi connectivity index (χ4n) is 3.27. The summed E-state index contributed by atoms with van der Waals surface area (Å²) in [5.74, 6) is 0.813. The molecule has 0 saturated heterocycles. The van der Waals surface area contributed by atoms with Crippen LogP contribution in [0.4, 0.5) is 0 Å². The van der Waals surface area contributed by atoms with Gasteiger partial charge in [0.1, 0.15) is 5.75 Å². The van der Waals surface area contributed by atoms with Gasteiger partial charge in [-0.15, -0.1) is 24.0 Å². The van der Waals surface area contributed by atoms with E-state index < -0.39 is 5.91 Å². The Morgan fingerprint density at radius 2 is 2.18 bits per heavy atom. The zero-order valence-corrected chi connectivity index (χ0v) is 19.1. The van der Waals surface area contributed by atoms with Crippen LogP contribution in [0.1, 0.15) is 45.1 Å². The number of aliphatic hydroxyl groups is 1. The van der Waals surface area contributed by atoms with Crippen molar-refractivity contribution in [2.24, 2.45) is 16.1 Å². The van der Waals surface area contributed by atoms with Gasteiger partial charge in [0.05, 0.1) is 12.6 Å². The Morgan fingerprint density at radius 1 is 1.39 bits per heavy atom. The van der Waals surface area contributed by atoms with Crippen LogP contribution in [0.25, 0.3) is 0 Å². The minimum Gasteiger partial charge on any atom is -0.484 e. The lowest BCUT2D eigenvalue weighted by Crippen LogP contribution is -2.48. The number of hydrogen-bond donors (Lipinski definition) is 4. The van der Waals surface area contributed by atoms with Gasteiger partial charge in [-0.1, -0.05) is 31.9 Å². The summed E-state index contributed by atoms with van der Waals surface area (Å²) in [6.07, 6.45) is 3.85. The maximum absolute atomic E-state index is 10.8. The van der Waals surface area contributed by atoms with Crippen molar-refractivity contribution in [3.8, 4) is 5.75 Å². The molecule has 0 heterocycles. The topological polar surface area (TPSA) is 109 Å². The third kappa shape index (κ3) is 7.83. The zero-order valence-electron chi connectivity index (χ0n) is 16.7. The number of benzene rings is 1. The van der Waals surface area contributed by atoms with Gasteiger partial charge < -0.3 is 26.2 Å². The number of ether oxygens (including phenoxy) is 1. The fourth-order valence-corrected chi connectivity index (χ4v) is 3.27. The molecule has 1 aromatic rings. The van der Waals surface area contributed by atoms with Gasteiger partial charge in [0.25, 0.3) is 5.91 Å². The number of rotatable bonds is 8. The Morgan fingerprint density at radius 3 is 2.86 bits per heavy atom. The number of primary amides is 1. The molecule has 1 fully saturated rings. The molecule has 0 bridgehead atoms. The van der Waals surface area contributed by atoms with Crippen molar-refractivity contribution in [1.29, 1.82) is 0 Å². The number of aliphatic hydroxyl groups excluding tert-OH is 1. The molecule has 1 saturated carbocycles. The molecule has 158 valence electrons. The summed E-state index contributed by atoms with van der Waals surface area (Å²) >= 11 is 0. The molecule has 0 radical (unpaired) electrons. The lowest BCUT2D eigenvalue weighted by molar-refractivity contribution is -0.119. The Balaban J connectivity index is 0.00000392. The Bertz CT molecular complexity index is 656. The largest absolute Gasteiger partial charge is 0.484 e. The van der Waals surface area contributed by atoms with Crippen LogP contribution in [-0.2, 0) is 11.3 Å². The number of nitrogens with one attached hydrogen (secondary N) is 2. The molecule has 0 spiro atoms. The average Bonchev–Trinajstić information content (AvgIpc) is 2.65. The monoisotopic (exact) mass is 504 g/mol. The van der Waals surface area contributed by atoms with Gasteiger partial charge in [-0.25, -0.2) is 4.99 Å². The van der Waals surface area contributed by atoms with E-state index >= 15 is 0 Å².